The summed E-state index contributed by atoms with van der Waals surface area (Å²) in [4.78, 5) is 18.3. The lowest BCUT2D eigenvalue weighted by Crippen LogP contribution is -2.42. The molecule has 0 bridgehead atoms. The van der Waals surface area contributed by atoms with E-state index in [0.717, 1.165) is 36.9 Å². The summed E-state index contributed by atoms with van der Waals surface area (Å²) in [7, 11) is 1.77. The molecule has 2 N–H and O–H groups in total. The van der Waals surface area contributed by atoms with Gasteiger partial charge in [-0.1, -0.05) is 48.9 Å². The zero-order chi connectivity index (χ0) is 20.6. The van der Waals surface area contributed by atoms with E-state index in [9.17, 15) is 4.79 Å². The van der Waals surface area contributed by atoms with Gasteiger partial charge in [0, 0.05) is 26.7 Å². The number of amides is 1. The van der Waals surface area contributed by atoms with Gasteiger partial charge in [-0.25, -0.2) is 0 Å². The van der Waals surface area contributed by atoms with Gasteiger partial charge in [-0.05, 0) is 37.0 Å². The van der Waals surface area contributed by atoms with E-state index in [1.165, 1.54) is 11.1 Å². The topological polar surface area (TPSA) is 66.0 Å². The van der Waals surface area contributed by atoms with Gasteiger partial charge in [0.1, 0.15) is 5.75 Å². The largest absolute Gasteiger partial charge is 0.482 e. The molecule has 1 atom stereocenters. The first-order valence-corrected chi connectivity index (χ1v) is 10.1. The molecule has 1 aliphatic heterocycles. The fraction of sp³-hybridized carbons (Fsp3) is 0.391. The summed E-state index contributed by atoms with van der Waals surface area (Å²) < 4.78 is 5.49. The minimum atomic E-state index is -0.00173. The summed E-state index contributed by atoms with van der Waals surface area (Å²) in [6.07, 6.45) is 0.814. The fourth-order valence-corrected chi connectivity index (χ4v) is 3.33. The second-order valence-corrected chi connectivity index (χ2v) is 7.35. The van der Waals surface area contributed by atoms with Gasteiger partial charge >= 0.3 is 0 Å². The summed E-state index contributed by atoms with van der Waals surface area (Å²) in [6.45, 7) is 6.57. The number of hydrogen-bond donors (Lipinski definition) is 2. The summed E-state index contributed by atoms with van der Waals surface area (Å²) in [6, 6.07) is 16.3. The zero-order valence-corrected chi connectivity index (χ0v) is 20.2. The zero-order valence-electron chi connectivity index (χ0n) is 17.9. The van der Waals surface area contributed by atoms with Crippen LogP contribution in [0.15, 0.2) is 53.5 Å². The van der Waals surface area contributed by atoms with Gasteiger partial charge in [0.25, 0.3) is 5.91 Å². The van der Waals surface area contributed by atoms with Crippen molar-refractivity contribution in [2.24, 2.45) is 4.99 Å². The molecule has 0 fully saturated rings. The van der Waals surface area contributed by atoms with Gasteiger partial charge in [-0.2, -0.15) is 0 Å². The van der Waals surface area contributed by atoms with Crippen LogP contribution in [0.1, 0.15) is 30.4 Å². The van der Waals surface area contributed by atoms with Crippen LogP contribution < -0.4 is 20.3 Å². The Bertz CT molecular complexity index is 855. The molecule has 0 radical (unpaired) electrons. The van der Waals surface area contributed by atoms with Gasteiger partial charge in [0.05, 0.1) is 5.69 Å². The normalized spacial score (nSPS) is 14.3. The second kappa shape index (κ2) is 11.8. The summed E-state index contributed by atoms with van der Waals surface area (Å²) in [5, 5.41) is 6.72. The number of benzene rings is 2. The van der Waals surface area contributed by atoms with Gasteiger partial charge in [-0.3, -0.25) is 9.79 Å². The summed E-state index contributed by atoms with van der Waals surface area (Å²) >= 11 is 0. The smallest absolute Gasteiger partial charge is 0.265 e. The number of hydrogen-bond acceptors (Lipinski definition) is 3. The fourth-order valence-electron chi connectivity index (χ4n) is 3.33. The Hall–Kier alpha value is -2.29. The molecule has 1 amide bonds. The molecule has 0 saturated carbocycles. The van der Waals surface area contributed by atoms with Crippen LogP contribution in [0.25, 0.3) is 0 Å². The molecular formula is C23H31IN4O2. The monoisotopic (exact) mass is 522 g/mol. The van der Waals surface area contributed by atoms with E-state index in [1.54, 1.807) is 11.9 Å². The average molecular weight is 522 g/mol. The Kier molecular flexibility index (Phi) is 9.42. The third-order valence-electron chi connectivity index (χ3n) is 5.10. The molecule has 7 heteroatoms. The number of carbonyl (C=O) groups is 1. The van der Waals surface area contributed by atoms with Gasteiger partial charge in [-0.15, -0.1) is 24.0 Å². The highest BCUT2D eigenvalue weighted by Gasteiger charge is 2.24. The Labute approximate surface area is 196 Å². The maximum Gasteiger partial charge on any atom is 0.265 e. The van der Waals surface area contributed by atoms with Gasteiger partial charge < -0.3 is 20.3 Å². The van der Waals surface area contributed by atoms with E-state index in [4.69, 9.17) is 4.74 Å². The van der Waals surface area contributed by atoms with Gasteiger partial charge in [0.2, 0.25) is 0 Å². The van der Waals surface area contributed by atoms with E-state index in [-0.39, 0.29) is 36.5 Å². The van der Waals surface area contributed by atoms with Crippen LogP contribution in [0.4, 0.5) is 5.69 Å². The van der Waals surface area contributed by atoms with Crippen molar-refractivity contribution in [1.82, 2.24) is 10.6 Å². The minimum absolute atomic E-state index is 0. The van der Waals surface area contributed by atoms with Crippen molar-refractivity contribution in [2.75, 3.05) is 38.2 Å². The number of guanidine groups is 1. The van der Waals surface area contributed by atoms with Crippen molar-refractivity contribution in [3.63, 3.8) is 0 Å². The maximum atomic E-state index is 12.2. The lowest BCUT2D eigenvalue weighted by molar-refractivity contribution is -0.121. The third kappa shape index (κ3) is 6.35. The van der Waals surface area contributed by atoms with Crippen LogP contribution in [-0.4, -0.2) is 45.2 Å². The van der Waals surface area contributed by atoms with E-state index in [2.05, 4.69) is 53.7 Å². The highest BCUT2D eigenvalue weighted by Crippen LogP contribution is 2.31. The van der Waals surface area contributed by atoms with Crippen molar-refractivity contribution < 1.29 is 9.53 Å². The van der Waals surface area contributed by atoms with Crippen molar-refractivity contribution in [1.29, 1.82) is 0 Å². The van der Waals surface area contributed by atoms with E-state index >= 15 is 0 Å². The number of anilines is 1. The number of nitrogens with zero attached hydrogens (tertiary/aromatic N) is 2. The molecule has 1 aliphatic rings. The molecule has 162 valence electrons. The van der Waals surface area contributed by atoms with Crippen LogP contribution in [0, 0.1) is 6.92 Å². The number of fused-ring (bicyclic) bond motifs is 1. The van der Waals surface area contributed by atoms with E-state index < -0.39 is 0 Å². The molecule has 1 unspecified atom stereocenters. The Morgan fingerprint density at radius 1 is 1.17 bits per heavy atom. The molecule has 0 aromatic heterocycles. The van der Waals surface area contributed by atoms with Crippen LogP contribution in [0.3, 0.4) is 0 Å². The Morgan fingerprint density at radius 3 is 2.63 bits per heavy atom. The molecule has 1 heterocycles. The lowest BCUT2D eigenvalue weighted by atomic mass is 10.0. The molecule has 3 rings (SSSR count). The van der Waals surface area contributed by atoms with Crippen molar-refractivity contribution in [2.45, 2.75) is 26.2 Å². The van der Waals surface area contributed by atoms with Crippen molar-refractivity contribution >= 4 is 41.5 Å². The number of aryl methyl sites for hydroxylation is 1. The molecule has 0 aliphatic carbocycles. The number of rotatable bonds is 7. The van der Waals surface area contributed by atoms with Gasteiger partial charge in [0.15, 0.2) is 12.6 Å². The van der Waals surface area contributed by atoms with Crippen LogP contribution in [0.5, 0.6) is 5.75 Å². The molecule has 2 aromatic carbocycles. The predicted molar refractivity (Wildman–Crippen MR) is 133 cm³/mol. The molecule has 30 heavy (non-hydrogen) atoms. The highest BCUT2D eigenvalue weighted by atomic mass is 127. The quantitative estimate of drug-likeness (QED) is 0.252. The molecule has 6 nitrogen and oxygen atoms in total. The predicted octanol–water partition coefficient (Wildman–Crippen LogP) is 3.70. The number of aliphatic imine (C=N–C) groups is 1. The van der Waals surface area contributed by atoms with Crippen LogP contribution in [-0.2, 0) is 4.79 Å². The Morgan fingerprint density at radius 2 is 1.90 bits per heavy atom. The second-order valence-electron chi connectivity index (χ2n) is 7.35. The lowest BCUT2D eigenvalue weighted by Gasteiger charge is -2.29. The average Bonchev–Trinajstić information content (AvgIpc) is 2.74. The molecule has 0 saturated heterocycles. The summed E-state index contributed by atoms with van der Waals surface area (Å²) in [5.41, 5.74) is 3.42. The first-order chi connectivity index (χ1) is 14.1. The first kappa shape index (κ1) is 24.0. The first-order valence-electron chi connectivity index (χ1n) is 10.1. The minimum Gasteiger partial charge on any atom is -0.482 e. The SMILES string of the molecule is CN=C(NCCCN1C(=O)COc2ccccc21)NCC(C)c1ccc(C)cc1.I. The third-order valence-corrected chi connectivity index (χ3v) is 5.10. The molecule has 0 spiro atoms. The number of para-hydroxylation sites is 2. The van der Waals surface area contributed by atoms with E-state index in [0.29, 0.717) is 12.5 Å². The number of carbonyl (C=O) groups excluding carboxylic acids is 1. The standard InChI is InChI=1S/C23H30N4O2.HI/c1-17-9-11-19(12-10-17)18(2)15-26-23(24-3)25-13-6-14-27-20-7-4-5-8-21(20)29-16-22(27)28;/h4-5,7-12,18H,6,13-16H2,1-3H3,(H2,24,25,26);1H. The summed E-state index contributed by atoms with van der Waals surface area (Å²) in [5.74, 6) is 1.93. The number of halogens is 1. The van der Waals surface area contributed by atoms with Crippen molar-refractivity contribution in [3.8, 4) is 5.75 Å². The van der Waals surface area contributed by atoms with E-state index in [1.807, 2.05) is 24.3 Å². The number of nitrogens with one attached hydrogen (secondary N) is 2. The Balaban J connectivity index is 0.00000320. The number of ether oxygens (including phenoxy) is 1. The van der Waals surface area contributed by atoms with Crippen LogP contribution >= 0.6 is 24.0 Å². The highest BCUT2D eigenvalue weighted by molar-refractivity contribution is 14.0. The maximum absolute atomic E-state index is 12.2. The molecular weight excluding hydrogens is 491 g/mol. The van der Waals surface area contributed by atoms with Crippen LogP contribution in [0.2, 0.25) is 0 Å². The van der Waals surface area contributed by atoms with Crippen molar-refractivity contribution in [3.05, 3.63) is 59.7 Å². The molecule has 2 aromatic rings.